The molecule has 21 heavy (non-hydrogen) atoms. The first-order valence-electron chi connectivity index (χ1n) is 6.48. The number of aromatic nitrogens is 1. The molecule has 110 valence electrons. The molecule has 6 nitrogen and oxygen atoms in total. The lowest BCUT2D eigenvalue weighted by molar-refractivity contribution is -0.142. The van der Waals surface area contributed by atoms with Crippen LogP contribution < -0.4 is 11.1 Å². The van der Waals surface area contributed by atoms with Crippen LogP contribution in [0.2, 0.25) is 0 Å². The van der Waals surface area contributed by atoms with E-state index in [2.05, 4.69) is 15.0 Å². The Hall–Kier alpha value is -2.63. The molecule has 0 saturated heterocycles. The van der Waals surface area contributed by atoms with E-state index in [1.807, 2.05) is 13.0 Å². The third-order valence-corrected chi connectivity index (χ3v) is 3.32. The summed E-state index contributed by atoms with van der Waals surface area (Å²) in [6, 6.07) is 4.64. The maximum Gasteiger partial charge on any atom is 0.328 e. The van der Waals surface area contributed by atoms with E-state index in [4.69, 9.17) is 5.73 Å². The van der Waals surface area contributed by atoms with Crippen molar-refractivity contribution in [2.24, 2.45) is 0 Å². The molecule has 0 fully saturated rings. The number of nitrogen functional groups attached to an aromatic ring is 1. The number of aryl methyl sites for hydroxylation is 1. The summed E-state index contributed by atoms with van der Waals surface area (Å²) in [5.41, 5.74) is 7.81. The maximum absolute atomic E-state index is 12.3. The molecule has 0 spiro atoms. The molecular weight excluding hydrogens is 270 g/mol. The number of fused-ring (bicyclic) bond motifs is 1. The monoisotopic (exact) mass is 287 g/mol. The molecule has 0 bridgehead atoms. The van der Waals surface area contributed by atoms with E-state index in [-0.39, 0.29) is 5.69 Å². The summed E-state index contributed by atoms with van der Waals surface area (Å²) in [6.45, 7) is 3.45. The Balaban J connectivity index is 2.41. The van der Waals surface area contributed by atoms with Gasteiger partial charge in [-0.2, -0.15) is 0 Å². The largest absolute Gasteiger partial charge is 0.467 e. The van der Waals surface area contributed by atoms with E-state index in [0.717, 1.165) is 10.9 Å². The molecule has 0 aliphatic rings. The van der Waals surface area contributed by atoms with Gasteiger partial charge in [-0.3, -0.25) is 9.78 Å². The molecule has 1 unspecified atom stereocenters. The van der Waals surface area contributed by atoms with Crippen molar-refractivity contribution in [1.82, 2.24) is 10.3 Å². The van der Waals surface area contributed by atoms with Crippen LogP contribution in [0.3, 0.4) is 0 Å². The Morgan fingerprint density at radius 2 is 2.00 bits per heavy atom. The normalized spacial score (nSPS) is 12.0. The van der Waals surface area contributed by atoms with Crippen LogP contribution in [0.1, 0.15) is 23.0 Å². The number of nitrogens with one attached hydrogen (secondary N) is 1. The second-order valence-corrected chi connectivity index (χ2v) is 4.77. The minimum absolute atomic E-state index is 0.231. The summed E-state index contributed by atoms with van der Waals surface area (Å²) in [5.74, 6) is -0.958. The molecule has 3 N–H and O–H groups in total. The van der Waals surface area contributed by atoms with Crippen molar-refractivity contribution < 1.29 is 14.3 Å². The lowest BCUT2D eigenvalue weighted by Crippen LogP contribution is -2.39. The average molecular weight is 287 g/mol. The molecule has 0 aliphatic heterocycles. The summed E-state index contributed by atoms with van der Waals surface area (Å²) in [5, 5.41) is 3.97. The molecule has 0 aliphatic carbocycles. The minimum atomic E-state index is -0.748. The van der Waals surface area contributed by atoms with Crippen LogP contribution in [0, 0.1) is 6.92 Å². The zero-order chi connectivity index (χ0) is 15.6. The van der Waals surface area contributed by atoms with Crippen molar-refractivity contribution in [2.45, 2.75) is 19.9 Å². The minimum Gasteiger partial charge on any atom is -0.467 e. The highest BCUT2D eigenvalue weighted by Gasteiger charge is 2.19. The van der Waals surface area contributed by atoms with Crippen molar-refractivity contribution in [3.8, 4) is 0 Å². The lowest BCUT2D eigenvalue weighted by Gasteiger charge is -2.13. The zero-order valence-corrected chi connectivity index (χ0v) is 12.1. The summed E-state index contributed by atoms with van der Waals surface area (Å²) in [7, 11) is 1.27. The number of nitrogens with two attached hydrogens (primary N) is 1. The van der Waals surface area contributed by atoms with Crippen LogP contribution in [0.4, 0.5) is 5.69 Å². The van der Waals surface area contributed by atoms with Crippen LogP contribution in [0.5, 0.6) is 0 Å². The first kappa shape index (κ1) is 14.8. The average Bonchev–Trinajstić information content (AvgIpc) is 2.49. The lowest BCUT2D eigenvalue weighted by atomic mass is 10.0. The quantitative estimate of drug-likeness (QED) is 0.657. The first-order chi connectivity index (χ1) is 9.95. The molecule has 1 atom stereocenters. The van der Waals surface area contributed by atoms with Crippen LogP contribution in [0.15, 0.2) is 24.4 Å². The van der Waals surface area contributed by atoms with E-state index in [0.29, 0.717) is 11.1 Å². The van der Waals surface area contributed by atoms with Crippen molar-refractivity contribution in [2.75, 3.05) is 12.8 Å². The van der Waals surface area contributed by atoms with Gasteiger partial charge in [-0.25, -0.2) is 4.79 Å². The molecule has 6 heteroatoms. The molecule has 1 amide bonds. The fraction of sp³-hybridized carbons (Fsp3) is 0.267. The third kappa shape index (κ3) is 2.79. The predicted octanol–water partition coefficient (Wildman–Crippen LogP) is 1.42. The molecule has 0 radical (unpaired) electrons. The number of amides is 1. The van der Waals surface area contributed by atoms with Gasteiger partial charge in [0, 0.05) is 22.7 Å². The van der Waals surface area contributed by atoms with Gasteiger partial charge >= 0.3 is 5.97 Å². The van der Waals surface area contributed by atoms with E-state index < -0.39 is 17.9 Å². The Morgan fingerprint density at radius 3 is 2.67 bits per heavy atom. The number of nitrogens with zero attached hydrogens (tertiary/aromatic N) is 1. The van der Waals surface area contributed by atoms with E-state index in [1.54, 1.807) is 19.1 Å². The second-order valence-electron chi connectivity index (χ2n) is 4.77. The number of ether oxygens (including phenoxy) is 1. The number of carbonyl (C=O) groups is 2. The maximum atomic E-state index is 12.3. The number of benzene rings is 1. The molecule has 0 saturated carbocycles. The molecule has 1 aromatic heterocycles. The van der Waals surface area contributed by atoms with E-state index in [9.17, 15) is 9.59 Å². The SMILES string of the molecule is COC(=O)C(C)NC(=O)c1nccc2c(N)c(C)ccc12. The highest BCUT2D eigenvalue weighted by molar-refractivity contribution is 6.09. The highest BCUT2D eigenvalue weighted by atomic mass is 16.5. The third-order valence-electron chi connectivity index (χ3n) is 3.32. The fourth-order valence-corrected chi connectivity index (χ4v) is 2.07. The summed E-state index contributed by atoms with van der Waals surface area (Å²) >= 11 is 0. The van der Waals surface area contributed by atoms with Gasteiger partial charge in [0.1, 0.15) is 11.7 Å². The molecule has 1 aromatic carbocycles. The first-order valence-corrected chi connectivity index (χ1v) is 6.48. The number of anilines is 1. The van der Waals surface area contributed by atoms with Crippen molar-refractivity contribution in [1.29, 1.82) is 0 Å². The number of carbonyl (C=O) groups excluding carboxylic acids is 2. The number of methoxy groups -OCH3 is 1. The smallest absolute Gasteiger partial charge is 0.328 e. The Labute approximate surface area is 122 Å². The van der Waals surface area contributed by atoms with Crippen LogP contribution in [-0.2, 0) is 9.53 Å². The number of rotatable bonds is 3. The Kier molecular flexibility index (Phi) is 4.07. The molecule has 2 aromatic rings. The van der Waals surface area contributed by atoms with Gasteiger partial charge in [0.05, 0.1) is 7.11 Å². The number of esters is 1. The summed E-state index contributed by atoms with van der Waals surface area (Å²) < 4.78 is 4.58. The molecular formula is C15H17N3O3. The Bertz CT molecular complexity index is 713. The van der Waals surface area contributed by atoms with Crippen LogP contribution in [0.25, 0.3) is 10.8 Å². The van der Waals surface area contributed by atoms with Gasteiger partial charge in [0.2, 0.25) is 0 Å². The van der Waals surface area contributed by atoms with Gasteiger partial charge in [0.25, 0.3) is 5.91 Å². The second kappa shape index (κ2) is 5.78. The van der Waals surface area contributed by atoms with Crippen molar-refractivity contribution >= 4 is 28.3 Å². The van der Waals surface area contributed by atoms with Gasteiger partial charge in [-0.1, -0.05) is 12.1 Å². The van der Waals surface area contributed by atoms with E-state index in [1.165, 1.54) is 13.3 Å². The molecule has 1 heterocycles. The predicted molar refractivity (Wildman–Crippen MR) is 79.8 cm³/mol. The number of hydrogen-bond acceptors (Lipinski definition) is 5. The number of pyridine rings is 1. The highest BCUT2D eigenvalue weighted by Crippen LogP contribution is 2.25. The molecule has 2 rings (SSSR count). The van der Waals surface area contributed by atoms with Gasteiger partial charge in [-0.05, 0) is 25.5 Å². The van der Waals surface area contributed by atoms with Crippen molar-refractivity contribution in [3.05, 3.63) is 35.7 Å². The summed E-state index contributed by atoms with van der Waals surface area (Å²) in [6.07, 6.45) is 1.52. The standard InChI is InChI=1S/C15H17N3O3/c1-8-4-5-11-10(12(8)16)6-7-17-13(11)14(19)18-9(2)15(20)21-3/h4-7,9H,16H2,1-3H3,(H,18,19). The van der Waals surface area contributed by atoms with Crippen molar-refractivity contribution in [3.63, 3.8) is 0 Å². The number of hydrogen-bond donors (Lipinski definition) is 2. The van der Waals surface area contributed by atoms with Gasteiger partial charge in [-0.15, -0.1) is 0 Å². The zero-order valence-electron chi connectivity index (χ0n) is 12.1. The summed E-state index contributed by atoms with van der Waals surface area (Å²) in [4.78, 5) is 27.7. The van der Waals surface area contributed by atoms with Gasteiger partial charge < -0.3 is 15.8 Å². The van der Waals surface area contributed by atoms with Crippen LogP contribution in [-0.4, -0.2) is 30.0 Å². The van der Waals surface area contributed by atoms with Gasteiger partial charge in [0.15, 0.2) is 0 Å². The van der Waals surface area contributed by atoms with E-state index >= 15 is 0 Å². The topological polar surface area (TPSA) is 94.3 Å². The Morgan fingerprint density at radius 1 is 1.29 bits per heavy atom. The fourth-order valence-electron chi connectivity index (χ4n) is 2.07. The van der Waals surface area contributed by atoms with Crippen LogP contribution >= 0.6 is 0 Å².